The van der Waals surface area contributed by atoms with E-state index in [1.807, 2.05) is 42.5 Å². The van der Waals surface area contributed by atoms with Gasteiger partial charge in [-0.3, -0.25) is 14.0 Å². The molecule has 0 bridgehead atoms. The highest BCUT2D eigenvalue weighted by atomic mass is 35.5. The lowest BCUT2D eigenvalue weighted by Gasteiger charge is -2.29. The van der Waals surface area contributed by atoms with Crippen LogP contribution in [0.4, 0.5) is 28.8 Å². The Balaban J connectivity index is 1.40. The molecule has 5 rings (SSSR count). The largest absolute Gasteiger partial charge is 0.378 e. The number of nitrogens with zero attached hydrogens (tertiary/aromatic N) is 4. The number of fused-ring (bicyclic) bond motifs is 1. The highest BCUT2D eigenvalue weighted by Crippen LogP contribution is 2.27. The molecule has 1 aliphatic rings. The molecular formula is C26H27ClN8O3. The SMILES string of the molecule is NC(=O)c1c(Nc2ccc(N3CCOCC3)cc2)nc(NCc2cccc(NC(=O)CCl)c2)n2ccnc12. The van der Waals surface area contributed by atoms with Crippen LogP contribution in [-0.2, 0) is 16.1 Å². The molecule has 11 nitrogen and oxygen atoms in total. The zero-order valence-electron chi connectivity index (χ0n) is 20.5. The molecule has 2 aromatic carbocycles. The first kappa shape index (κ1) is 25.3. The van der Waals surface area contributed by atoms with Crippen LogP contribution in [0.15, 0.2) is 60.9 Å². The Morgan fingerprint density at radius 3 is 2.61 bits per heavy atom. The Labute approximate surface area is 224 Å². The summed E-state index contributed by atoms with van der Waals surface area (Å²) in [6, 6.07) is 15.3. The van der Waals surface area contributed by atoms with Crippen molar-refractivity contribution in [2.24, 2.45) is 5.73 Å². The molecule has 0 saturated carbocycles. The zero-order chi connectivity index (χ0) is 26.5. The molecule has 0 spiro atoms. The molecule has 1 saturated heterocycles. The number of benzene rings is 2. The van der Waals surface area contributed by atoms with E-state index in [9.17, 15) is 9.59 Å². The van der Waals surface area contributed by atoms with Crippen molar-refractivity contribution in [1.82, 2.24) is 14.4 Å². The Bertz CT molecular complexity index is 1450. The first-order chi connectivity index (χ1) is 18.5. The number of alkyl halides is 1. The van der Waals surface area contributed by atoms with Crippen molar-refractivity contribution >= 4 is 57.9 Å². The summed E-state index contributed by atoms with van der Waals surface area (Å²) in [6.07, 6.45) is 3.28. The van der Waals surface area contributed by atoms with Crippen LogP contribution in [0.2, 0.25) is 0 Å². The number of amides is 2. The highest BCUT2D eigenvalue weighted by Gasteiger charge is 2.20. The molecule has 1 fully saturated rings. The molecular weight excluding hydrogens is 508 g/mol. The standard InChI is InChI=1S/C26H27ClN8O3/c27-15-21(36)31-19-3-1-2-17(14-19)16-30-26-33-24(22(23(28)37)25-29-8-9-35(25)26)32-18-4-6-20(7-5-18)34-10-12-38-13-11-34/h1-9,14,32H,10-13,15-16H2,(H2,28,37)(H,30,33)(H,31,36). The van der Waals surface area contributed by atoms with Gasteiger partial charge in [-0.05, 0) is 42.0 Å². The van der Waals surface area contributed by atoms with Gasteiger partial charge in [-0.2, -0.15) is 4.98 Å². The fourth-order valence-electron chi connectivity index (χ4n) is 4.27. The van der Waals surface area contributed by atoms with E-state index in [0.29, 0.717) is 42.9 Å². The fraction of sp³-hybridized carbons (Fsp3) is 0.231. The molecule has 4 aromatic rings. The van der Waals surface area contributed by atoms with Gasteiger partial charge in [0.25, 0.3) is 5.91 Å². The molecule has 2 aromatic heterocycles. The number of anilines is 5. The number of rotatable bonds is 9. The molecule has 0 unspecified atom stereocenters. The first-order valence-electron chi connectivity index (χ1n) is 12.1. The van der Waals surface area contributed by atoms with Gasteiger partial charge in [0.15, 0.2) is 11.5 Å². The molecule has 196 valence electrons. The fourth-order valence-corrected chi connectivity index (χ4v) is 4.34. The summed E-state index contributed by atoms with van der Waals surface area (Å²) in [7, 11) is 0. The lowest BCUT2D eigenvalue weighted by Crippen LogP contribution is -2.36. The predicted molar refractivity (Wildman–Crippen MR) is 147 cm³/mol. The van der Waals surface area contributed by atoms with Crippen LogP contribution >= 0.6 is 11.6 Å². The molecule has 2 amide bonds. The minimum absolute atomic E-state index is 0.122. The summed E-state index contributed by atoms with van der Waals surface area (Å²) < 4.78 is 7.10. The van der Waals surface area contributed by atoms with Crippen molar-refractivity contribution < 1.29 is 14.3 Å². The van der Waals surface area contributed by atoms with Gasteiger partial charge in [-0.15, -0.1) is 11.6 Å². The molecule has 0 aliphatic carbocycles. The van der Waals surface area contributed by atoms with Crippen molar-refractivity contribution in [3.05, 3.63) is 72.1 Å². The summed E-state index contributed by atoms with van der Waals surface area (Å²) in [5.41, 5.74) is 9.70. The molecule has 38 heavy (non-hydrogen) atoms. The summed E-state index contributed by atoms with van der Waals surface area (Å²) in [5, 5.41) is 9.26. The van der Waals surface area contributed by atoms with Crippen LogP contribution in [0.25, 0.3) is 5.65 Å². The third kappa shape index (κ3) is 5.63. The Kier molecular flexibility index (Phi) is 7.57. The maximum atomic E-state index is 12.4. The van der Waals surface area contributed by atoms with Gasteiger partial charge in [0.05, 0.1) is 13.2 Å². The van der Waals surface area contributed by atoms with Gasteiger partial charge in [0.1, 0.15) is 11.4 Å². The van der Waals surface area contributed by atoms with Crippen LogP contribution in [-0.4, -0.2) is 58.4 Å². The number of aromatic nitrogens is 3. The van der Waals surface area contributed by atoms with Gasteiger partial charge in [0.2, 0.25) is 11.9 Å². The Hall–Kier alpha value is -4.35. The number of halogens is 1. The Morgan fingerprint density at radius 2 is 1.87 bits per heavy atom. The van der Waals surface area contributed by atoms with Crippen molar-refractivity contribution in [2.75, 3.05) is 53.0 Å². The van der Waals surface area contributed by atoms with Crippen LogP contribution in [0, 0.1) is 0 Å². The molecule has 12 heteroatoms. The average molecular weight is 535 g/mol. The monoisotopic (exact) mass is 534 g/mol. The van der Waals surface area contributed by atoms with Crippen molar-refractivity contribution in [3.8, 4) is 0 Å². The minimum Gasteiger partial charge on any atom is -0.378 e. The summed E-state index contributed by atoms with van der Waals surface area (Å²) in [6.45, 7) is 3.49. The number of nitrogens with two attached hydrogens (primary N) is 1. The summed E-state index contributed by atoms with van der Waals surface area (Å²) >= 11 is 5.59. The van der Waals surface area contributed by atoms with Crippen molar-refractivity contribution in [2.45, 2.75) is 6.54 Å². The second kappa shape index (κ2) is 11.4. The average Bonchev–Trinajstić information content (AvgIpc) is 3.42. The van der Waals surface area contributed by atoms with E-state index in [-0.39, 0.29) is 17.4 Å². The topological polar surface area (TPSA) is 139 Å². The molecule has 1 aliphatic heterocycles. The van der Waals surface area contributed by atoms with Gasteiger partial charge in [-0.1, -0.05) is 12.1 Å². The number of primary amides is 1. The lowest BCUT2D eigenvalue weighted by atomic mass is 10.2. The number of carbonyl (C=O) groups is 2. The van der Waals surface area contributed by atoms with E-state index in [1.54, 1.807) is 22.9 Å². The van der Waals surface area contributed by atoms with Crippen LogP contribution in [0.3, 0.4) is 0 Å². The number of imidazole rings is 1. The van der Waals surface area contributed by atoms with E-state index >= 15 is 0 Å². The molecule has 0 radical (unpaired) electrons. The van der Waals surface area contributed by atoms with Gasteiger partial charge >= 0.3 is 0 Å². The van der Waals surface area contributed by atoms with Crippen LogP contribution < -0.4 is 26.6 Å². The Morgan fingerprint density at radius 1 is 1.08 bits per heavy atom. The van der Waals surface area contributed by atoms with E-state index in [1.165, 1.54) is 0 Å². The van der Waals surface area contributed by atoms with Gasteiger partial charge in [-0.25, -0.2) is 4.98 Å². The third-order valence-electron chi connectivity index (χ3n) is 6.08. The number of nitrogens with one attached hydrogen (secondary N) is 3. The van der Waals surface area contributed by atoms with E-state index in [0.717, 1.165) is 30.0 Å². The number of hydrogen-bond acceptors (Lipinski definition) is 8. The molecule has 5 N–H and O–H groups in total. The van der Waals surface area contributed by atoms with Crippen LogP contribution in [0.5, 0.6) is 0 Å². The second-order valence-corrected chi connectivity index (χ2v) is 8.92. The van der Waals surface area contributed by atoms with Crippen molar-refractivity contribution in [1.29, 1.82) is 0 Å². The van der Waals surface area contributed by atoms with E-state index < -0.39 is 5.91 Å². The van der Waals surface area contributed by atoms with Gasteiger partial charge < -0.3 is 31.3 Å². The quantitative estimate of drug-likeness (QED) is 0.240. The van der Waals surface area contributed by atoms with Crippen LogP contribution in [0.1, 0.15) is 15.9 Å². The molecule has 0 atom stereocenters. The number of ether oxygens (including phenoxy) is 1. The number of morpholine rings is 1. The maximum absolute atomic E-state index is 12.4. The predicted octanol–water partition coefficient (Wildman–Crippen LogP) is 3.20. The lowest BCUT2D eigenvalue weighted by molar-refractivity contribution is -0.113. The van der Waals surface area contributed by atoms with E-state index in [4.69, 9.17) is 22.1 Å². The number of hydrogen-bond donors (Lipinski definition) is 4. The second-order valence-electron chi connectivity index (χ2n) is 8.65. The van der Waals surface area contributed by atoms with Crippen molar-refractivity contribution in [3.63, 3.8) is 0 Å². The first-order valence-corrected chi connectivity index (χ1v) is 12.6. The van der Waals surface area contributed by atoms with E-state index in [2.05, 4.69) is 30.8 Å². The minimum atomic E-state index is -0.643. The summed E-state index contributed by atoms with van der Waals surface area (Å²) in [4.78, 5) is 35.4. The highest BCUT2D eigenvalue weighted by molar-refractivity contribution is 6.29. The third-order valence-corrected chi connectivity index (χ3v) is 6.33. The zero-order valence-corrected chi connectivity index (χ0v) is 21.2. The smallest absolute Gasteiger partial charge is 0.256 e. The molecule has 3 heterocycles. The maximum Gasteiger partial charge on any atom is 0.256 e. The normalized spacial score (nSPS) is 13.3. The summed E-state index contributed by atoms with van der Waals surface area (Å²) in [5.74, 6) is -0.293. The number of carbonyl (C=O) groups excluding carboxylic acids is 2. The van der Waals surface area contributed by atoms with Gasteiger partial charge in [0, 0.05) is 49.1 Å².